The van der Waals surface area contributed by atoms with Crippen LogP contribution in [0, 0.1) is 12.8 Å². The van der Waals surface area contributed by atoms with E-state index in [1.807, 2.05) is 40.5 Å². The molecule has 0 fully saturated rings. The van der Waals surface area contributed by atoms with Gasteiger partial charge in [0, 0.05) is 0 Å². The molecule has 0 aliphatic carbocycles. The normalized spacial score (nSPS) is 11.3. The molecule has 0 saturated heterocycles. The minimum absolute atomic E-state index is 0. The van der Waals surface area contributed by atoms with Crippen LogP contribution in [0.15, 0.2) is 12.1 Å². The van der Waals surface area contributed by atoms with Crippen molar-refractivity contribution in [3.63, 3.8) is 0 Å². The first kappa shape index (κ1) is 39.8. The van der Waals surface area contributed by atoms with Gasteiger partial charge >= 0.3 is 58.8 Å². The zero-order valence-electron chi connectivity index (χ0n) is 17.2. The summed E-state index contributed by atoms with van der Waals surface area (Å²) in [7, 11) is 0. The number of rotatable bonds is 0. The van der Waals surface area contributed by atoms with Crippen LogP contribution < -0.4 is 10.2 Å². The van der Waals surface area contributed by atoms with Crippen LogP contribution in [0.3, 0.4) is 0 Å². The van der Waals surface area contributed by atoms with E-state index >= 15 is 0 Å². The van der Waals surface area contributed by atoms with Crippen molar-refractivity contribution in [2.75, 3.05) is 0 Å². The van der Waals surface area contributed by atoms with Gasteiger partial charge in [0.05, 0.1) is 0 Å². The van der Waals surface area contributed by atoms with Crippen LogP contribution in [-0.2, 0) is 58.8 Å². The maximum atomic E-state index is 11.7. The van der Waals surface area contributed by atoms with E-state index in [1.165, 1.54) is 0 Å². The van der Waals surface area contributed by atoms with Crippen LogP contribution in [0.5, 0.6) is 0 Å². The Morgan fingerprint density at radius 2 is 0.735 bits per heavy atom. The van der Waals surface area contributed by atoms with Gasteiger partial charge in [-0.2, -0.15) is 80.4 Å². The molecule has 2 aromatic heterocycles. The minimum atomic E-state index is -4.89. The molecule has 0 bridgehead atoms. The fourth-order valence-electron chi connectivity index (χ4n) is 1.14. The van der Waals surface area contributed by atoms with Crippen molar-refractivity contribution in [1.29, 1.82) is 0 Å². The Kier molecular flexibility index (Phi) is 19.1. The van der Waals surface area contributed by atoms with Crippen molar-refractivity contribution in [2.45, 2.75) is 52.4 Å². The van der Waals surface area contributed by atoms with Crippen molar-refractivity contribution in [3.8, 4) is 0 Å². The van der Waals surface area contributed by atoms with Crippen molar-refractivity contribution >= 4 is 0 Å². The quantitative estimate of drug-likeness (QED) is 0.189. The second-order valence-corrected chi connectivity index (χ2v) is 5.38. The Hall–Kier alpha value is -1.38. The third-order valence-electron chi connectivity index (χ3n) is 2.24. The van der Waals surface area contributed by atoms with Crippen molar-refractivity contribution in [3.05, 3.63) is 47.8 Å². The predicted molar refractivity (Wildman–Crippen MR) is 86.4 cm³/mol. The van der Waals surface area contributed by atoms with E-state index in [2.05, 4.69) is 20.4 Å². The van der Waals surface area contributed by atoms with Crippen LogP contribution >= 0.6 is 0 Å². The molecule has 0 atom stereocenters. The number of alkyl halides is 12. The van der Waals surface area contributed by atoms with Gasteiger partial charge in [0.1, 0.15) is 11.4 Å². The maximum Gasteiger partial charge on any atom is 2.00 e. The first-order valence-electron chi connectivity index (χ1n) is 8.03. The maximum absolute atomic E-state index is 11.7. The Balaban J connectivity index is -0.000000205. The van der Waals surface area contributed by atoms with E-state index in [0.29, 0.717) is 0 Å². The molecule has 2 radical (unpaired) electrons. The number of aromatic nitrogens is 4. The first-order valence-corrected chi connectivity index (χ1v) is 8.03. The van der Waals surface area contributed by atoms with E-state index in [-0.39, 0.29) is 46.3 Å². The molecule has 2 heterocycles. The Morgan fingerprint density at radius 1 is 0.529 bits per heavy atom. The average Bonchev–Trinajstić information content (AvgIpc) is 3.25. The smallest absolute Gasteiger partial charge is 0.571 e. The van der Waals surface area contributed by atoms with E-state index in [9.17, 15) is 52.7 Å². The van der Waals surface area contributed by atoms with Crippen molar-refractivity contribution in [1.82, 2.24) is 20.4 Å². The summed E-state index contributed by atoms with van der Waals surface area (Å²) in [6.45, 7) is 8.00. The molecule has 18 heteroatoms. The molecule has 0 saturated carbocycles. The molecule has 2 rings (SSSR count). The molecule has 206 valence electrons. The summed E-state index contributed by atoms with van der Waals surface area (Å²) < 4.78 is 141. The zero-order chi connectivity index (χ0) is 26.0. The van der Waals surface area contributed by atoms with Gasteiger partial charge in [-0.15, -0.1) is 0 Å². The van der Waals surface area contributed by atoms with Crippen LogP contribution in [-0.4, -0.2) is 10.2 Å². The van der Waals surface area contributed by atoms with Gasteiger partial charge in [0.15, 0.2) is 0 Å². The minimum Gasteiger partial charge on any atom is -0.571 e. The molecule has 0 unspecified atom stereocenters. The Morgan fingerprint density at radius 3 is 0.824 bits per heavy atom. The van der Waals surface area contributed by atoms with Gasteiger partial charge in [-0.3, -0.25) is 0 Å². The summed E-state index contributed by atoms with van der Waals surface area (Å²) in [5.41, 5.74) is -6.56. The average molecular weight is 619 g/mol. The van der Waals surface area contributed by atoms with Crippen molar-refractivity contribution in [2.24, 2.45) is 0 Å². The van der Waals surface area contributed by atoms with Gasteiger partial charge in [0.25, 0.3) is 0 Å². The molecule has 0 aliphatic heterocycles. The molecule has 0 amide bonds. The summed E-state index contributed by atoms with van der Waals surface area (Å²) in [5.74, 6) is 0. The van der Waals surface area contributed by atoms with Crippen LogP contribution in [0.2, 0.25) is 0 Å². The first-order chi connectivity index (χ1) is 14.2. The second-order valence-electron chi connectivity index (χ2n) is 5.38. The number of hydrogen-bond acceptors (Lipinski definition) is 2. The number of hydrogen-bond donors (Lipinski definition) is 0. The standard InChI is InChI=1S/2C5HF6N2.2C3H7.2Cu/c2*6-4(7,8)2-1-3(13-12-2)5(9,10)11;2*1-3-2;;/h2*1H;2*3H,1-2H3;;/q4*-1;2*+2. The fraction of sp³-hybridized carbons (Fsp3) is 0.500. The molecule has 0 N–H and O–H groups in total. The molecule has 2 aromatic rings. The third-order valence-corrected chi connectivity index (χ3v) is 2.24. The molecule has 0 aliphatic rings. The summed E-state index contributed by atoms with van der Waals surface area (Å²) in [6, 6.07) is -0.278. The summed E-state index contributed by atoms with van der Waals surface area (Å²) in [4.78, 5) is 0. The number of nitrogens with zero attached hydrogens (tertiary/aromatic N) is 4. The van der Waals surface area contributed by atoms with Gasteiger partial charge in [-0.05, 0) is 23.5 Å². The molecule has 0 spiro atoms. The largest absolute Gasteiger partial charge is 2.00 e. The second kappa shape index (κ2) is 16.3. The monoisotopic (exact) mass is 618 g/mol. The molecular formula is C16H16Cu2F12N4. The predicted octanol–water partition coefficient (Wildman–Crippen LogP) is 6.61. The van der Waals surface area contributed by atoms with E-state index < -0.39 is 47.5 Å². The van der Waals surface area contributed by atoms with Gasteiger partial charge in [-0.1, -0.05) is 0 Å². The van der Waals surface area contributed by atoms with Gasteiger partial charge in [0.2, 0.25) is 0 Å². The summed E-state index contributed by atoms with van der Waals surface area (Å²) in [6.07, 6.45) is -15.6. The van der Waals surface area contributed by atoms with Crippen LogP contribution in [0.25, 0.3) is 0 Å². The third kappa shape index (κ3) is 16.3. The molecule has 4 nitrogen and oxygen atoms in total. The molecular weight excluding hydrogens is 603 g/mol. The molecule has 0 aromatic carbocycles. The SMILES string of the molecule is C[CH-]C.C[CH-]C.FC(F)(F)c1cc(C(F)(F)F)[n-]n1.FC(F)(F)c1cc(C(F)(F)F)[n-]n1.[Cu+2].[Cu+2]. The Bertz CT molecular complexity index is 640. The van der Waals surface area contributed by atoms with Gasteiger partial charge in [-0.25, -0.2) is 0 Å². The van der Waals surface area contributed by atoms with E-state index in [0.717, 1.165) is 0 Å². The van der Waals surface area contributed by atoms with E-state index in [1.54, 1.807) is 0 Å². The van der Waals surface area contributed by atoms with Crippen LogP contribution in [0.4, 0.5) is 52.7 Å². The summed E-state index contributed by atoms with van der Waals surface area (Å²) >= 11 is 0. The number of halogens is 12. The van der Waals surface area contributed by atoms with Crippen molar-refractivity contribution < 1.29 is 86.8 Å². The zero-order valence-corrected chi connectivity index (χ0v) is 19.1. The van der Waals surface area contributed by atoms with E-state index in [4.69, 9.17) is 0 Å². The van der Waals surface area contributed by atoms with Crippen LogP contribution in [0.1, 0.15) is 50.5 Å². The topological polar surface area (TPSA) is 54.0 Å². The Labute approximate surface area is 207 Å². The fourth-order valence-corrected chi connectivity index (χ4v) is 1.14. The molecule has 34 heavy (non-hydrogen) atoms. The van der Waals surface area contributed by atoms with Gasteiger partial charge < -0.3 is 33.2 Å². The summed E-state index contributed by atoms with van der Waals surface area (Å²) in [5, 5.41) is 9.44.